The van der Waals surface area contributed by atoms with Crippen LogP contribution in [-0.2, 0) is 23.9 Å². The van der Waals surface area contributed by atoms with E-state index < -0.39 is 40.9 Å². The van der Waals surface area contributed by atoms with Crippen molar-refractivity contribution >= 4 is 57.7 Å². The van der Waals surface area contributed by atoms with E-state index in [1.807, 2.05) is 0 Å². The Balaban J connectivity index is 1.74. The van der Waals surface area contributed by atoms with E-state index in [1.165, 1.54) is 24.1 Å². The molecule has 2 unspecified atom stereocenters. The fraction of sp³-hybridized carbons (Fsp3) is 0.294. The van der Waals surface area contributed by atoms with Gasteiger partial charge in [0.1, 0.15) is 29.4 Å². The average molecular weight is 467 g/mol. The van der Waals surface area contributed by atoms with Gasteiger partial charge in [-0.05, 0) is 6.92 Å². The third-order valence-corrected chi connectivity index (χ3v) is 6.36. The number of fused-ring (bicyclic) bond motifs is 1. The second-order valence-electron chi connectivity index (χ2n) is 6.49. The summed E-state index contributed by atoms with van der Waals surface area (Å²) in [6.07, 6.45) is 0. The van der Waals surface area contributed by atoms with Gasteiger partial charge in [-0.1, -0.05) is 11.7 Å². The molecule has 0 saturated carbocycles. The van der Waals surface area contributed by atoms with Crippen LogP contribution in [0.3, 0.4) is 0 Å². The summed E-state index contributed by atoms with van der Waals surface area (Å²) in [5, 5.41) is 25.0. The van der Waals surface area contributed by atoms with E-state index in [9.17, 15) is 29.5 Å². The zero-order chi connectivity index (χ0) is 22.9. The van der Waals surface area contributed by atoms with E-state index in [1.54, 1.807) is 0 Å². The largest absolute Gasteiger partial charge is 0.477 e. The number of hydrogen-bond donors (Lipinski definition) is 4. The Bertz CT molecular complexity index is 1050. The second kappa shape index (κ2) is 8.77. The van der Waals surface area contributed by atoms with Crippen LogP contribution in [0.1, 0.15) is 12.6 Å². The highest BCUT2D eigenvalue weighted by atomic mass is 32.2. The van der Waals surface area contributed by atoms with Crippen molar-refractivity contribution < 1.29 is 34.2 Å². The summed E-state index contributed by atoms with van der Waals surface area (Å²) in [4.78, 5) is 53.4. The predicted molar refractivity (Wildman–Crippen MR) is 110 cm³/mol. The van der Waals surface area contributed by atoms with Crippen LogP contribution in [0.2, 0.25) is 0 Å². The number of thioether (sulfide) groups is 1. The number of amides is 2. The molecule has 2 atom stereocenters. The number of β-lactam (4-membered cyclic amide) rings is 1. The lowest BCUT2D eigenvalue weighted by Gasteiger charge is -2.49. The van der Waals surface area contributed by atoms with E-state index in [0.29, 0.717) is 0 Å². The van der Waals surface area contributed by atoms with Crippen molar-refractivity contribution in [2.75, 3.05) is 18.1 Å². The minimum atomic E-state index is -1.36. The van der Waals surface area contributed by atoms with Gasteiger partial charge < -0.3 is 26.1 Å². The third-order valence-electron chi connectivity index (χ3n) is 4.34. The lowest BCUT2D eigenvalue weighted by Crippen LogP contribution is -2.71. The first-order chi connectivity index (χ1) is 14.6. The van der Waals surface area contributed by atoms with E-state index in [2.05, 4.69) is 22.0 Å². The van der Waals surface area contributed by atoms with Gasteiger partial charge in [-0.15, -0.1) is 23.1 Å². The van der Waals surface area contributed by atoms with Crippen molar-refractivity contribution in [2.24, 2.45) is 5.16 Å². The van der Waals surface area contributed by atoms with Crippen LogP contribution in [0, 0.1) is 0 Å². The number of anilines is 1. The SMILES string of the molecule is C=C(C)C(=O)OCC1=C(C(=O)O)N2C(=O)C(NC(=O)/C(=N\O)c3csc(N)n3)C2SC1. The molecule has 31 heavy (non-hydrogen) atoms. The van der Waals surface area contributed by atoms with E-state index in [-0.39, 0.29) is 40.0 Å². The molecular weight excluding hydrogens is 450 g/mol. The Kier molecular flexibility index (Phi) is 6.31. The number of nitrogens with zero attached hydrogens (tertiary/aromatic N) is 3. The maximum atomic E-state index is 12.6. The molecule has 0 aromatic carbocycles. The molecule has 1 aromatic rings. The first-order valence-corrected chi connectivity index (χ1v) is 10.6. The molecule has 0 spiro atoms. The molecule has 2 aliphatic heterocycles. The molecule has 3 heterocycles. The molecule has 1 aromatic heterocycles. The van der Waals surface area contributed by atoms with Crippen LogP contribution in [0.15, 0.2) is 34.0 Å². The lowest BCUT2D eigenvalue weighted by atomic mass is 10.0. The van der Waals surface area contributed by atoms with Crippen molar-refractivity contribution in [3.63, 3.8) is 0 Å². The molecule has 1 fully saturated rings. The number of carbonyl (C=O) groups is 4. The molecule has 12 nitrogen and oxygen atoms in total. The van der Waals surface area contributed by atoms with Crippen LogP contribution < -0.4 is 11.1 Å². The van der Waals surface area contributed by atoms with Crippen LogP contribution in [-0.4, -0.2) is 73.4 Å². The Morgan fingerprint density at radius 2 is 2.19 bits per heavy atom. The van der Waals surface area contributed by atoms with E-state index in [4.69, 9.17) is 10.5 Å². The molecule has 0 bridgehead atoms. The Labute approximate surface area is 183 Å². The molecule has 2 amide bonds. The standard InChI is InChI=1S/C17H17N5O7S2/c1-6(2)16(27)29-3-7-4-30-14-10(13(24)22(14)11(7)15(25)26)20-12(23)9(21-28)8-5-31-17(18)19-8/h5,10,14,28H,1,3-4H2,2H3,(H2,18,19)(H,20,23)(H,25,26)/b21-9-. The number of nitrogens with one attached hydrogen (secondary N) is 1. The van der Waals surface area contributed by atoms with Crippen molar-refractivity contribution in [1.82, 2.24) is 15.2 Å². The highest BCUT2D eigenvalue weighted by Gasteiger charge is 2.54. The van der Waals surface area contributed by atoms with Gasteiger partial charge in [0.15, 0.2) is 10.8 Å². The molecule has 3 rings (SSSR count). The van der Waals surface area contributed by atoms with Gasteiger partial charge in [-0.25, -0.2) is 14.6 Å². The topological polar surface area (TPSA) is 185 Å². The predicted octanol–water partition coefficient (Wildman–Crippen LogP) is -0.238. The smallest absolute Gasteiger partial charge is 0.352 e. The summed E-state index contributed by atoms with van der Waals surface area (Å²) in [6.45, 7) is 4.60. The van der Waals surface area contributed by atoms with E-state index >= 15 is 0 Å². The summed E-state index contributed by atoms with van der Waals surface area (Å²) in [5.41, 5.74) is 5.23. The number of ether oxygens (including phenoxy) is 1. The molecule has 0 aliphatic carbocycles. The minimum Gasteiger partial charge on any atom is -0.477 e. The van der Waals surface area contributed by atoms with Crippen molar-refractivity contribution in [1.29, 1.82) is 0 Å². The van der Waals surface area contributed by atoms with Crippen LogP contribution >= 0.6 is 23.1 Å². The summed E-state index contributed by atoms with van der Waals surface area (Å²) in [6, 6.07) is -1.04. The number of carboxylic acids is 1. The molecule has 164 valence electrons. The maximum absolute atomic E-state index is 12.6. The number of esters is 1. The number of nitrogens with two attached hydrogens (primary N) is 1. The van der Waals surface area contributed by atoms with Crippen LogP contribution in [0.25, 0.3) is 0 Å². The monoisotopic (exact) mass is 467 g/mol. The second-order valence-corrected chi connectivity index (χ2v) is 8.49. The minimum absolute atomic E-state index is 0.0372. The lowest BCUT2D eigenvalue weighted by molar-refractivity contribution is -0.150. The molecule has 14 heteroatoms. The highest BCUT2D eigenvalue weighted by Crippen LogP contribution is 2.40. The van der Waals surface area contributed by atoms with Gasteiger partial charge in [0.25, 0.3) is 11.8 Å². The number of aliphatic carboxylic acids is 1. The first kappa shape index (κ1) is 22.3. The van der Waals surface area contributed by atoms with Gasteiger partial charge in [-0.2, -0.15) is 0 Å². The number of aromatic nitrogens is 1. The fourth-order valence-electron chi connectivity index (χ4n) is 2.89. The number of carbonyl (C=O) groups excluding carboxylic acids is 3. The summed E-state index contributed by atoms with van der Waals surface area (Å²) < 4.78 is 5.01. The molecule has 2 aliphatic rings. The Morgan fingerprint density at radius 3 is 2.74 bits per heavy atom. The van der Waals surface area contributed by atoms with Crippen molar-refractivity contribution in [3.05, 3.63) is 34.5 Å². The molecular formula is C17H17N5O7S2. The molecule has 1 saturated heterocycles. The average Bonchev–Trinajstić information content (AvgIpc) is 3.15. The number of thiazole rings is 1. The van der Waals surface area contributed by atoms with Crippen LogP contribution in [0.5, 0.6) is 0 Å². The number of oxime groups is 1. The Morgan fingerprint density at radius 1 is 1.48 bits per heavy atom. The van der Waals surface area contributed by atoms with Gasteiger partial charge in [0, 0.05) is 22.3 Å². The summed E-state index contributed by atoms with van der Waals surface area (Å²) >= 11 is 2.23. The quantitative estimate of drug-likeness (QED) is 0.104. The zero-order valence-corrected chi connectivity index (χ0v) is 17.7. The Hall–Kier alpha value is -3.39. The summed E-state index contributed by atoms with van der Waals surface area (Å²) in [5.74, 6) is -3.41. The van der Waals surface area contributed by atoms with E-state index in [0.717, 1.165) is 16.2 Å². The first-order valence-electron chi connectivity index (χ1n) is 8.62. The number of rotatable bonds is 7. The number of nitrogen functional groups attached to an aromatic ring is 1. The van der Waals surface area contributed by atoms with Gasteiger partial charge in [0.05, 0.1) is 0 Å². The summed E-state index contributed by atoms with van der Waals surface area (Å²) in [7, 11) is 0. The fourth-order valence-corrected chi connectivity index (χ4v) is 4.76. The third kappa shape index (κ3) is 4.25. The van der Waals surface area contributed by atoms with Crippen molar-refractivity contribution in [3.8, 4) is 0 Å². The van der Waals surface area contributed by atoms with Crippen molar-refractivity contribution in [2.45, 2.75) is 18.3 Å². The number of hydrogen-bond acceptors (Lipinski definition) is 11. The molecule has 0 radical (unpaired) electrons. The van der Waals surface area contributed by atoms with Gasteiger partial charge in [-0.3, -0.25) is 14.5 Å². The number of carboxylic acid groups (broad SMARTS) is 1. The van der Waals surface area contributed by atoms with Gasteiger partial charge >= 0.3 is 11.9 Å². The van der Waals surface area contributed by atoms with Gasteiger partial charge in [0.2, 0.25) is 0 Å². The molecule has 5 N–H and O–H groups in total. The maximum Gasteiger partial charge on any atom is 0.352 e. The highest BCUT2D eigenvalue weighted by molar-refractivity contribution is 8.00. The normalized spacial score (nSPS) is 20.6. The zero-order valence-electron chi connectivity index (χ0n) is 16.0. The van der Waals surface area contributed by atoms with Crippen LogP contribution in [0.4, 0.5) is 5.13 Å².